The molecule has 3 aromatic carbocycles. The Kier molecular flexibility index (Phi) is 5.07. The van der Waals surface area contributed by atoms with Crippen LogP contribution in [-0.4, -0.2) is 16.7 Å². The van der Waals surface area contributed by atoms with Crippen LogP contribution in [0.5, 0.6) is 5.75 Å². The Morgan fingerprint density at radius 3 is 2.56 bits per heavy atom. The smallest absolute Gasteiger partial charge is 0.236 e. The Labute approximate surface area is 197 Å². The van der Waals surface area contributed by atoms with E-state index in [1.807, 2.05) is 61.2 Å². The summed E-state index contributed by atoms with van der Waals surface area (Å²) in [5.74, 6) is -0.00290. The number of benzene rings is 3. The van der Waals surface area contributed by atoms with Gasteiger partial charge in [0.15, 0.2) is 10.8 Å². The van der Waals surface area contributed by atoms with E-state index in [9.17, 15) is 4.79 Å². The van der Waals surface area contributed by atoms with Gasteiger partial charge in [0.25, 0.3) is 0 Å². The molecule has 3 atom stereocenters. The van der Waals surface area contributed by atoms with Crippen LogP contribution in [0.4, 0.5) is 11.4 Å². The van der Waals surface area contributed by atoms with Crippen molar-refractivity contribution in [1.29, 1.82) is 0 Å². The third kappa shape index (κ3) is 3.40. The average Bonchev–Trinajstić information content (AvgIpc) is 2.76. The van der Waals surface area contributed by atoms with Crippen LogP contribution in [0.1, 0.15) is 24.1 Å². The summed E-state index contributed by atoms with van der Waals surface area (Å²) in [6, 6.07) is 22.5. The van der Waals surface area contributed by atoms with Gasteiger partial charge in [-0.1, -0.05) is 47.5 Å². The summed E-state index contributed by atoms with van der Waals surface area (Å²) in [5, 5.41) is 7.59. The number of rotatable bonds is 3. The Morgan fingerprint density at radius 1 is 1.12 bits per heavy atom. The molecule has 1 amide bonds. The van der Waals surface area contributed by atoms with Gasteiger partial charge in [0, 0.05) is 22.0 Å². The lowest BCUT2D eigenvalue weighted by Crippen LogP contribution is -2.72. The summed E-state index contributed by atoms with van der Waals surface area (Å²) in [6.45, 7) is 3.95. The fourth-order valence-corrected chi connectivity index (χ4v) is 5.16. The number of ether oxygens (including phenoxy) is 1. The number of fused-ring (bicyclic) bond motifs is 4. The van der Waals surface area contributed by atoms with Crippen molar-refractivity contribution in [2.24, 2.45) is 5.92 Å². The molecule has 0 saturated carbocycles. The lowest BCUT2D eigenvalue weighted by atomic mass is 9.78. The van der Waals surface area contributed by atoms with Gasteiger partial charge >= 0.3 is 0 Å². The number of carbonyl (C=O) groups is 1. The molecule has 0 radical (unpaired) electrons. The van der Waals surface area contributed by atoms with Crippen molar-refractivity contribution in [3.63, 3.8) is 0 Å². The number of carbonyl (C=O) groups excluding carboxylic acids is 1. The van der Waals surface area contributed by atoms with E-state index in [0.29, 0.717) is 15.8 Å². The van der Waals surface area contributed by atoms with Gasteiger partial charge in [0.1, 0.15) is 11.7 Å². The van der Waals surface area contributed by atoms with E-state index < -0.39 is 11.6 Å². The molecular weight excluding hydrogens is 442 g/mol. The van der Waals surface area contributed by atoms with Crippen LogP contribution in [0.15, 0.2) is 72.8 Å². The monoisotopic (exact) mass is 463 g/mol. The first-order valence-electron chi connectivity index (χ1n) is 10.4. The molecule has 1 saturated heterocycles. The quantitative estimate of drug-likeness (QED) is 0.506. The number of hydrogen-bond acceptors (Lipinski definition) is 3. The minimum atomic E-state index is -1.03. The lowest BCUT2D eigenvalue weighted by Gasteiger charge is -2.56. The van der Waals surface area contributed by atoms with Crippen molar-refractivity contribution in [3.05, 3.63) is 88.9 Å². The van der Waals surface area contributed by atoms with E-state index in [1.54, 1.807) is 24.3 Å². The van der Waals surface area contributed by atoms with Crippen LogP contribution in [0, 0.1) is 12.8 Å². The normalized spacial score (nSPS) is 23.6. The Balaban J connectivity index is 1.62. The van der Waals surface area contributed by atoms with Crippen molar-refractivity contribution in [3.8, 4) is 5.75 Å². The molecule has 2 aliphatic rings. The predicted molar refractivity (Wildman–Crippen MR) is 131 cm³/mol. The lowest BCUT2D eigenvalue weighted by molar-refractivity contribution is -0.130. The second-order valence-corrected chi connectivity index (χ2v) is 9.09. The molecule has 7 heteroatoms. The molecule has 32 heavy (non-hydrogen) atoms. The van der Waals surface area contributed by atoms with Crippen molar-refractivity contribution in [2.45, 2.75) is 25.6 Å². The molecule has 162 valence electrons. The largest absolute Gasteiger partial charge is 0.467 e. The summed E-state index contributed by atoms with van der Waals surface area (Å²) in [5.41, 5.74) is 2.50. The molecule has 2 N–H and O–H groups in total. The van der Waals surface area contributed by atoms with Crippen LogP contribution in [-0.2, 0) is 4.79 Å². The molecule has 0 spiro atoms. The highest BCUT2D eigenvalue weighted by molar-refractivity contribution is 7.80. The van der Waals surface area contributed by atoms with E-state index in [-0.39, 0.29) is 11.9 Å². The van der Waals surface area contributed by atoms with Gasteiger partial charge in [0.2, 0.25) is 5.91 Å². The Bertz CT molecular complexity index is 1200. The standard InChI is InChI=1S/C25H22ClN3O2S/c1-15-8-13-20-19(14-15)22-21(23(30)27-17-11-9-16(26)10-12-17)25(2,31-20)29(24(32)28-22)18-6-4-3-5-7-18/h3-14,21-22H,1-2H3,(H,27,30)(H,28,32)/t21-,22-,25-/m1/s1. The molecular formula is C25H22ClN3O2S. The Hall–Kier alpha value is -3.09. The number of nitrogens with zero attached hydrogens (tertiary/aromatic N) is 1. The van der Waals surface area contributed by atoms with Gasteiger partial charge in [-0.2, -0.15) is 0 Å². The number of hydrogen-bond donors (Lipinski definition) is 2. The number of nitrogens with one attached hydrogen (secondary N) is 2. The maximum absolute atomic E-state index is 13.7. The molecule has 5 nitrogen and oxygen atoms in total. The van der Waals surface area contributed by atoms with Gasteiger partial charge in [-0.3, -0.25) is 9.69 Å². The maximum atomic E-state index is 13.7. The maximum Gasteiger partial charge on any atom is 0.236 e. The van der Waals surface area contributed by atoms with Crippen LogP contribution < -0.4 is 20.3 Å². The number of halogens is 1. The molecule has 2 heterocycles. The second-order valence-electron chi connectivity index (χ2n) is 8.27. The molecule has 5 rings (SSSR count). The summed E-state index contributed by atoms with van der Waals surface area (Å²) < 4.78 is 6.59. The highest BCUT2D eigenvalue weighted by Crippen LogP contribution is 2.50. The molecule has 0 unspecified atom stereocenters. The third-order valence-corrected chi connectivity index (χ3v) is 6.61. The first kappa shape index (κ1) is 20.8. The zero-order valence-electron chi connectivity index (χ0n) is 17.6. The van der Waals surface area contributed by atoms with E-state index in [4.69, 9.17) is 28.6 Å². The zero-order chi connectivity index (χ0) is 22.5. The predicted octanol–water partition coefficient (Wildman–Crippen LogP) is 5.45. The van der Waals surface area contributed by atoms with E-state index >= 15 is 0 Å². The fourth-order valence-electron chi connectivity index (χ4n) is 4.62. The van der Waals surface area contributed by atoms with Crippen molar-refractivity contribution >= 4 is 46.2 Å². The van der Waals surface area contributed by atoms with Crippen molar-refractivity contribution in [2.75, 3.05) is 10.2 Å². The summed E-state index contributed by atoms with van der Waals surface area (Å²) >= 11 is 11.8. The second kappa shape index (κ2) is 7.80. The van der Waals surface area contributed by atoms with Gasteiger partial charge in [-0.25, -0.2) is 0 Å². The average molecular weight is 464 g/mol. The molecule has 2 aliphatic heterocycles. The summed E-state index contributed by atoms with van der Waals surface area (Å²) in [4.78, 5) is 15.6. The summed E-state index contributed by atoms with van der Waals surface area (Å²) in [7, 11) is 0. The highest BCUT2D eigenvalue weighted by atomic mass is 35.5. The highest BCUT2D eigenvalue weighted by Gasteiger charge is 2.59. The minimum Gasteiger partial charge on any atom is -0.467 e. The molecule has 0 aromatic heterocycles. The summed E-state index contributed by atoms with van der Waals surface area (Å²) in [6.07, 6.45) is 0. The van der Waals surface area contributed by atoms with Gasteiger partial charge in [-0.15, -0.1) is 0 Å². The van der Waals surface area contributed by atoms with Crippen LogP contribution in [0.25, 0.3) is 0 Å². The van der Waals surface area contributed by atoms with E-state index in [0.717, 1.165) is 22.6 Å². The fraction of sp³-hybridized carbons (Fsp3) is 0.200. The van der Waals surface area contributed by atoms with Gasteiger partial charge < -0.3 is 15.4 Å². The number of anilines is 2. The number of thiocarbonyl (C=S) groups is 1. The topological polar surface area (TPSA) is 53.6 Å². The van der Waals surface area contributed by atoms with Crippen molar-refractivity contribution in [1.82, 2.24) is 5.32 Å². The number of para-hydroxylation sites is 1. The van der Waals surface area contributed by atoms with E-state index in [1.165, 1.54) is 0 Å². The van der Waals surface area contributed by atoms with Gasteiger partial charge in [0.05, 0.1) is 6.04 Å². The zero-order valence-corrected chi connectivity index (χ0v) is 19.2. The molecule has 1 fully saturated rings. The van der Waals surface area contributed by atoms with Crippen molar-refractivity contribution < 1.29 is 9.53 Å². The Morgan fingerprint density at radius 2 is 1.84 bits per heavy atom. The minimum absolute atomic E-state index is 0.164. The number of aryl methyl sites for hydroxylation is 1. The molecule has 2 bridgehead atoms. The SMILES string of the molecule is Cc1ccc2c(c1)[C@H]1NC(=S)N(c3ccccc3)[C@](C)(O2)[C@H]1C(=O)Nc1ccc(Cl)cc1. The van der Waals surface area contributed by atoms with E-state index in [2.05, 4.69) is 16.7 Å². The first-order chi connectivity index (χ1) is 15.4. The molecule has 0 aliphatic carbocycles. The van der Waals surface area contributed by atoms with Crippen LogP contribution >= 0.6 is 23.8 Å². The van der Waals surface area contributed by atoms with Gasteiger partial charge in [-0.05, 0) is 68.5 Å². The molecule has 3 aromatic rings. The van der Waals surface area contributed by atoms with Crippen LogP contribution in [0.3, 0.4) is 0 Å². The van der Waals surface area contributed by atoms with Crippen LogP contribution in [0.2, 0.25) is 5.02 Å². The first-order valence-corrected chi connectivity index (χ1v) is 11.2. The third-order valence-electron chi connectivity index (χ3n) is 6.06. The number of amides is 1.